The molecule has 1 heterocycles. The van der Waals surface area contributed by atoms with Crippen LogP contribution in [0.5, 0.6) is 0 Å². The highest BCUT2D eigenvalue weighted by Gasteiger charge is 2.26. The molecule has 0 unspecified atom stereocenters. The molecule has 3 rings (SSSR count). The topological polar surface area (TPSA) is 156 Å². The summed E-state index contributed by atoms with van der Waals surface area (Å²) < 4.78 is 23.5. The predicted octanol–water partition coefficient (Wildman–Crippen LogP) is 2.73. The van der Waals surface area contributed by atoms with E-state index in [9.17, 15) is 24.3 Å². The Bertz CT molecular complexity index is 1280. The number of nitro groups is 1. The molecule has 1 aromatic heterocycles. The number of halogens is 1. The molecule has 0 fully saturated rings. The summed E-state index contributed by atoms with van der Waals surface area (Å²) >= 11 is 0. The summed E-state index contributed by atoms with van der Waals surface area (Å²) in [5.74, 6) is 0. The van der Waals surface area contributed by atoms with Crippen LogP contribution in [0.4, 0.5) is 5.69 Å². The van der Waals surface area contributed by atoms with Crippen molar-refractivity contribution < 1.29 is 18.5 Å². The lowest BCUT2D eigenvalue weighted by Crippen LogP contribution is -2.29. The molecule has 11 nitrogen and oxygen atoms in total. The number of aromatic amines is 2. The minimum Gasteiger partial charge on any atom is -0.316 e. The Hall–Kier alpha value is -2.82. The molecule has 0 radical (unpaired) electrons. The van der Waals surface area contributed by atoms with Gasteiger partial charge in [-0.25, -0.2) is 0 Å². The van der Waals surface area contributed by atoms with Gasteiger partial charge in [0.25, 0.3) is 5.69 Å². The summed E-state index contributed by atoms with van der Waals surface area (Å²) in [6, 6.07) is 9.44. The van der Waals surface area contributed by atoms with Crippen molar-refractivity contribution in [2.75, 3.05) is 13.2 Å². The maximum Gasteiger partial charge on any atom is 0.361 e. The van der Waals surface area contributed by atoms with Gasteiger partial charge in [-0.05, 0) is 37.1 Å². The van der Waals surface area contributed by atoms with E-state index in [2.05, 4.69) is 15.3 Å². The molecule has 0 atom stereocenters. The second-order valence-electron chi connectivity index (χ2n) is 6.80. The Labute approximate surface area is 194 Å². The predicted molar refractivity (Wildman–Crippen MR) is 127 cm³/mol. The number of fused-ring (bicyclic) bond motifs is 1. The van der Waals surface area contributed by atoms with Gasteiger partial charge < -0.3 is 24.3 Å². The van der Waals surface area contributed by atoms with E-state index in [0.717, 1.165) is 5.56 Å². The summed E-state index contributed by atoms with van der Waals surface area (Å²) in [6.45, 7) is 4.58. The molecule has 0 saturated heterocycles. The number of nitro benzene ring substituents is 1. The first-order valence-electron chi connectivity index (χ1n) is 9.90. The number of non-ortho nitro benzene ring substituents is 1. The molecule has 0 aliphatic heterocycles. The minimum absolute atomic E-state index is 0. The first-order valence-corrected chi connectivity index (χ1v) is 11.4. The first-order chi connectivity index (χ1) is 15.3. The van der Waals surface area contributed by atoms with Gasteiger partial charge >= 0.3 is 18.7 Å². The highest BCUT2D eigenvalue weighted by Crippen LogP contribution is 2.46. The van der Waals surface area contributed by atoms with Gasteiger partial charge in [0.1, 0.15) is 0 Å². The first kappa shape index (κ1) is 26.4. The summed E-state index contributed by atoms with van der Waals surface area (Å²) in [6.07, 6.45) is 0. The van der Waals surface area contributed by atoms with E-state index < -0.39 is 23.6 Å². The molecule has 0 amide bonds. The van der Waals surface area contributed by atoms with Crippen molar-refractivity contribution in [3.8, 4) is 0 Å². The van der Waals surface area contributed by atoms with Gasteiger partial charge in [-0.1, -0.05) is 12.1 Å². The average Bonchev–Trinajstić information content (AvgIpc) is 2.75. The van der Waals surface area contributed by atoms with E-state index in [1.807, 2.05) is 0 Å². The van der Waals surface area contributed by atoms with Crippen molar-refractivity contribution in [2.45, 2.75) is 26.9 Å². The quantitative estimate of drug-likeness (QED) is 0.167. The van der Waals surface area contributed by atoms with Crippen LogP contribution in [-0.2, 0) is 26.7 Å². The number of rotatable bonds is 10. The van der Waals surface area contributed by atoms with Crippen molar-refractivity contribution in [3.63, 3.8) is 0 Å². The number of benzene rings is 2. The molecule has 33 heavy (non-hydrogen) atoms. The Morgan fingerprint density at radius 1 is 1.00 bits per heavy atom. The number of nitrogens with zero attached hydrogens (tertiary/aromatic N) is 1. The number of nitrogens with one attached hydrogen (secondary N) is 3. The third kappa shape index (κ3) is 6.16. The molecule has 0 aliphatic rings. The molecule has 0 spiro atoms. The molecule has 3 aromatic rings. The minimum atomic E-state index is -3.36. The Morgan fingerprint density at radius 3 is 2.18 bits per heavy atom. The van der Waals surface area contributed by atoms with Crippen LogP contribution >= 0.6 is 20.0 Å². The Kier molecular flexibility index (Phi) is 9.09. The number of aromatic nitrogens is 2. The Morgan fingerprint density at radius 2 is 1.61 bits per heavy atom. The smallest absolute Gasteiger partial charge is 0.316 e. The molecule has 2 aromatic carbocycles. The van der Waals surface area contributed by atoms with Crippen LogP contribution in [0.25, 0.3) is 11.0 Å². The third-order valence-electron chi connectivity index (χ3n) is 4.60. The number of hydrogen-bond donors (Lipinski definition) is 3. The number of H-pyrrole nitrogens is 2. The standard InChI is InChI=1S/C20H23N4O7P.ClH/c1-3-30-32(29,31-4-2)16-7-5-13(6-8-16)11-21-12-14-9-15(24(27)28)10-17-18(14)23-20(26)19(25)22-17;/h5-10,21H,3-4,11-12H2,1-2H3,(H,22,25)(H,23,26);1H. The van der Waals surface area contributed by atoms with Gasteiger partial charge in [-0.2, -0.15) is 0 Å². The maximum absolute atomic E-state index is 12.8. The van der Waals surface area contributed by atoms with Gasteiger partial charge in [0.15, 0.2) is 0 Å². The molecule has 0 bridgehead atoms. The van der Waals surface area contributed by atoms with Crippen LogP contribution in [0.2, 0.25) is 0 Å². The van der Waals surface area contributed by atoms with Gasteiger partial charge in [-0.3, -0.25) is 24.3 Å². The zero-order valence-electron chi connectivity index (χ0n) is 18.0. The van der Waals surface area contributed by atoms with Crippen molar-refractivity contribution in [2.24, 2.45) is 0 Å². The Balaban J connectivity index is 0.00000385. The zero-order chi connectivity index (χ0) is 23.3. The highest BCUT2D eigenvalue weighted by molar-refractivity contribution is 7.62. The SMILES string of the molecule is CCOP(=O)(OCC)c1ccc(CNCc2cc([N+](=O)[O-])cc3[nH]c(=O)c(=O)[nH]c23)cc1.Cl. The molecular formula is C20H24ClN4O7P. The van der Waals surface area contributed by atoms with E-state index in [4.69, 9.17) is 9.05 Å². The van der Waals surface area contributed by atoms with Crippen LogP contribution in [0.15, 0.2) is 46.0 Å². The van der Waals surface area contributed by atoms with Gasteiger partial charge in [0, 0.05) is 25.2 Å². The summed E-state index contributed by atoms with van der Waals surface area (Å²) in [7, 11) is -3.36. The van der Waals surface area contributed by atoms with E-state index in [1.165, 1.54) is 12.1 Å². The highest BCUT2D eigenvalue weighted by atomic mass is 35.5. The van der Waals surface area contributed by atoms with Crippen LogP contribution in [-0.4, -0.2) is 28.1 Å². The largest absolute Gasteiger partial charge is 0.361 e. The lowest BCUT2D eigenvalue weighted by molar-refractivity contribution is -0.384. The fourth-order valence-electron chi connectivity index (χ4n) is 3.19. The second kappa shape index (κ2) is 11.4. The number of hydrogen-bond acceptors (Lipinski definition) is 8. The molecule has 13 heteroatoms. The molecule has 3 N–H and O–H groups in total. The van der Waals surface area contributed by atoms with E-state index in [0.29, 0.717) is 22.9 Å². The fraction of sp³-hybridized carbons (Fsp3) is 0.300. The molecular weight excluding hydrogens is 475 g/mol. The van der Waals surface area contributed by atoms with Crippen LogP contribution in [0.1, 0.15) is 25.0 Å². The van der Waals surface area contributed by atoms with E-state index >= 15 is 0 Å². The third-order valence-corrected chi connectivity index (χ3v) is 6.73. The molecule has 178 valence electrons. The maximum atomic E-state index is 12.8. The van der Waals surface area contributed by atoms with Crippen molar-refractivity contribution in [3.05, 3.63) is 78.3 Å². The van der Waals surface area contributed by atoms with Crippen LogP contribution < -0.4 is 21.7 Å². The fourth-order valence-corrected chi connectivity index (χ4v) is 4.76. The van der Waals surface area contributed by atoms with E-state index in [1.54, 1.807) is 38.1 Å². The van der Waals surface area contributed by atoms with Gasteiger partial charge in [0.05, 0.1) is 34.5 Å². The second-order valence-corrected chi connectivity index (χ2v) is 8.82. The summed E-state index contributed by atoms with van der Waals surface area (Å²) in [5, 5.41) is 14.8. The van der Waals surface area contributed by atoms with Crippen molar-refractivity contribution in [1.29, 1.82) is 0 Å². The molecule has 0 saturated carbocycles. The lowest BCUT2D eigenvalue weighted by atomic mass is 10.1. The normalized spacial score (nSPS) is 11.3. The van der Waals surface area contributed by atoms with E-state index in [-0.39, 0.29) is 43.4 Å². The van der Waals surface area contributed by atoms with Crippen molar-refractivity contribution >= 4 is 42.0 Å². The lowest BCUT2D eigenvalue weighted by Gasteiger charge is -2.17. The average molecular weight is 499 g/mol. The van der Waals surface area contributed by atoms with Gasteiger partial charge in [0.2, 0.25) is 0 Å². The summed E-state index contributed by atoms with van der Waals surface area (Å²) in [5.41, 5.74) is -0.111. The van der Waals surface area contributed by atoms with Crippen LogP contribution in [0, 0.1) is 10.1 Å². The monoisotopic (exact) mass is 498 g/mol. The van der Waals surface area contributed by atoms with Gasteiger partial charge in [-0.15, -0.1) is 12.4 Å². The van der Waals surface area contributed by atoms with Crippen molar-refractivity contribution in [1.82, 2.24) is 15.3 Å². The van der Waals surface area contributed by atoms with Crippen LogP contribution in [0.3, 0.4) is 0 Å². The summed E-state index contributed by atoms with van der Waals surface area (Å²) in [4.78, 5) is 38.8. The molecule has 0 aliphatic carbocycles. The zero-order valence-corrected chi connectivity index (χ0v) is 19.7.